The maximum absolute atomic E-state index is 13.7. The molecule has 1 aromatic heterocycles. The molecule has 33 heavy (non-hydrogen) atoms. The monoisotopic (exact) mass is 487 g/mol. The summed E-state index contributed by atoms with van der Waals surface area (Å²) in [6.07, 6.45) is 8.84. The van der Waals surface area contributed by atoms with Crippen molar-refractivity contribution in [2.24, 2.45) is 0 Å². The Morgan fingerprint density at radius 3 is 2.64 bits per heavy atom. The molecule has 0 saturated heterocycles. The average Bonchev–Trinajstić information content (AvgIpc) is 3.38. The van der Waals surface area contributed by atoms with Crippen LogP contribution in [0.25, 0.3) is 5.69 Å². The first-order valence-electron chi connectivity index (χ1n) is 10.8. The zero-order valence-corrected chi connectivity index (χ0v) is 20.0. The van der Waals surface area contributed by atoms with Gasteiger partial charge in [0.2, 0.25) is 10.0 Å². The number of ether oxygens (including phenoxy) is 1. The fourth-order valence-corrected chi connectivity index (χ4v) is 5.48. The van der Waals surface area contributed by atoms with Gasteiger partial charge < -0.3 is 4.74 Å². The summed E-state index contributed by atoms with van der Waals surface area (Å²) in [4.78, 5) is 0.155. The topological polar surface area (TPSA) is 90.2 Å². The molecule has 3 aromatic rings. The van der Waals surface area contributed by atoms with Gasteiger partial charge in [-0.25, -0.2) is 8.42 Å². The molecule has 10 heteroatoms. The Hall–Kier alpha value is -2.75. The minimum atomic E-state index is -3.80. The molecule has 4 rings (SSSR count). The molecular weight excluding hydrogens is 462 g/mol. The van der Waals surface area contributed by atoms with Crippen LogP contribution < -0.4 is 4.74 Å². The Balaban J connectivity index is 1.64. The second-order valence-corrected chi connectivity index (χ2v) is 10.3. The first-order valence-corrected chi connectivity index (χ1v) is 12.6. The van der Waals surface area contributed by atoms with Crippen molar-refractivity contribution in [3.8, 4) is 11.4 Å². The molecule has 0 N–H and O–H groups in total. The maximum atomic E-state index is 13.7. The molecule has 0 radical (unpaired) electrons. The van der Waals surface area contributed by atoms with Crippen LogP contribution >= 0.6 is 11.6 Å². The van der Waals surface area contributed by atoms with E-state index in [0.29, 0.717) is 29.4 Å². The van der Waals surface area contributed by atoms with Gasteiger partial charge in [0, 0.05) is 24.2 Å². The van der Waals surface area contributed by atoms with Crippen molar-refractivity contribution in [1.82, 2.24) is 24.5 Å². The summed E-state index contributed by atoms with van der Waals surface area (Å²) >= 11 is 6.02. The van der Waals surface area contributed by atoms with Crippen molar-refractivity contribution in [3.05, 3.63) is 71.0 Å². The molecule has 0 atom stereocenters. The van der Waals surface area contributed by atoms with Crippen LogP contribution in [0.3, 0.4) is 0 Å². The normalized spacial score (nSPS) is 14.3. The van der Waals surface area contributed by atoms with Crippen LogP contribution in [0.5, 0.6) is 5.75 Å². The third kappa shape index (κ3) is 5.61. The lowest BCUT2D eigenvalue weighted by Crippen LogP contribution is -2.32. The molecule has 0 aliphatic heterocycles. The van der Waals surface area contributed by atoms with E-state index in [-0.39, 0.29) is 11.4 Å². The van der Waals surface area contributed by atoms with Gasteiger partial charge in [0.05, 0.1) is 12.0 Å². The van der Waals surface area contributed by atoms with Crippen molar-refractivity contribution in [1.29, 1.82) is 0 Å². The molecular formula is C23H26ClN5O3S. The van der Waals surface area contributed by atoms with E-state index in [1.807, 2.05) is 12.1 Å². The van der Waals surface area contributed by atoms with Gasteiger partial charge in [-0.05, 0) is 72.4 Å². The van der Waals surface area contributed by atoms with E-state index in [4.69, 9.17) is 16.3 Å². The van der Waals surface area contributed by atoms with Crippen LogP contribution in [0.1, 0.15) is 37.7 Å². The Morgan fingerprint density at radius 2 is 1.97 bits per heavy atom. The minimum Gasteiger partial charge on any atom is -0.494 e. The van der Waals surface area contributed by atoms with E-state index in [9.17, 15) is 8.42 Å². The van der Waals surface area contributed by atoms with Crippen LogP contribution in [-0.2, 0) is 16.6 Å². The van der Waals surface area contributed by atoms with Crippen LogP contribution in [0.4, 0.5) is 0 Å². The van der Waals surface area contributed by atoms with Crippen molar-refractivity contribution < 1.29 is 13.2 Å². The first-order chi connectivity index (χ1) is 16.0. The lowest BCUT2D eigenvalue weighted by molar-refractivity contribution is 0.400. The molecule has 0 bridgehead atoms. The fraction of sp³-hybridized carbons (Fsp3) is 0.348. The van der Waals surface area contributed by atoms with E-state index in [1.54, 1.807) is 24.3 Å². The molecule has 0 amide bonds. The zero-order chi connectivity index (χ0) is 23.3. The van der Waals surface area contributed by atoms with Crippen molar-refractivity contribution in [2.45, 2.75) is 43.5 Å². The summed E-state index contributed by atoms with van der Waals surface area (Å²) in [6, 6.07) is 12.0. The quantitative estimate of drug-likeness (QED) is 0.415. The number of benzene rings is 2. The third-order valence-electron chi connectivity index (χ3n) is 5.72. The zero-order valence-electron chi connectivity index (χ0n) is 18.4. The lowest BCUT2D eigenvalue weighted by Gasteiger charge is -2.24. The Morgan fingerprint density at radius 1 is 1.15 bits per heavy atom. The van der Waals surface area contributed by atoms with Gasteiger partial charge in [-0.3, -0.25) is 0 Å². The molecule has 0 unspecified atom stereocenters. The standard InChI is InChI=1S/C23H26ClN5O3S/c1-32-23-15-21(11-12-22(23)29-17-25-26-27-29)33(30,31)28(14-13-18-5-3-2-4-6-18)16-19-7-9-20(24)10-8-19/h5,7-12,15,17H,2-4,6,13-14,16H2,1H3. The molecule has 0 saturated carbocycles. The summed E-state index contributed by atoms with van der Waals surface area (Å²) in [5, 5.41) is 11.7. The molecule has 1 heterocycles. The minimum absolute atomic E-state index is 0.155. The van der Waals surface area contributed by atoms with Crippen molar-refractivity contribution >= 4 is 21.6 Å². The van der Waals surface area contributed by atoms with Gasteiger partial charge in [-0.15, -0.1) is 5.10 Å². The van der Waals surface area contributed by atoms with Crippen LogP contribution in [0.15, 0.2) is 65.3 Å². The number of aromatic nitrogens is 4. The first kappa shape index (κ1) is 23.4. The Bertz CT molecular complexity index is 1210. The summed E-state index contributed by atoms with van der Waals surface area (Å²) < 4.78 is 35.8. The summed E-state index contributed by atoms with van der Waals surface area (Å²) in [6.45, 7) is 0.650. The maximum Gasteiger partial charge on any atom is 0.243 e. The predicted molar refractivity (Wildman–Crippen MR) is 126 cm³/mol. The van der Waals surface area contributed by atoms with Crippen LogP contribution in [-0.4, -0.2) is 46.6 Å². The molecule has 0 spiro atoms. The summed E-state index contributed by atoms with van der Waals surface area (Å²) in [5.74, 6) is 0.366. The second kappa shape index (κ2) is 10.5. The van der Waals surface area contributed by atoms with Crippen LogP contribution in [0.2, 0.25) is 5.02 Å². The Labute approximate surface area is 198 Å². The van der Waals surface area contributed by atoms with Crippen molar-refractivity contribution in [2.75, 3.05) is 13.7 Å². The molecule has 2 aromatic carbocycles. The fourth-order valence-electron chi connectivity index (χ4n) is 3.91. The number of tetrazole rings is 1. The molecule has 0 fully saturated rings. The van der Waals surface area contributed by atoms with Gasteiger partial charge in [0.25, 0.3) is 0 Å². The number of methoxy groups -OCH3 is 1. The number of hydrogen-bond acceptors (Lipinski definition) is 6. The highest BCUT2D eigenvalue weighted by Crippen LogP contribution is 2.29. The summed E-state index contributed by atoms with van der Waals surface area (Å²) in [5.41, 5.74) is 2.75. The SMILES string of the molecule is COc1cc(S(=O)(=O)N(CCC2=CCCCC2)Cc2ccc(Cl)cc2)ccc1-n1cnnn1. The summed E-state index contributed by atoms with van der Waals surface area (Å²) in [7, 11) is -2.31. The molecule has 8 nitrogen and oxygen atoms in total. The lowest BCUT2D eigenvalue weighted by atomic mass is 9.97. The van der Waals surface area contributed by atoms with Gasteiger partial charge in [0.15, 0.2) is 0 Å². The third-order valence-corrected chi connectivity index (χ3v) is 7.82. The van der Waals surface area contributed by atoms with E-state index in [0.717, 1.165) is 24.8 Å². The van der Waals surface area contributed by atoms with Gasteiger partial charge in [0.1, 0.15) is 17.8 Å². The number of sulfonamides is 1. The van der Waals surface area contributed by atoms with Gasteiger partial charge >= 0.3 is 0 Å². The van der Waals surface area contributed by atoms with Gasteiger partial charge in [-0.1, -0.05) is 35.4 Å². The second-order valence-electron chi connectivity index (χ2n) is 7.91. The molecule has 1 aliphatic rings. The number of rotatable bonds is 9. The van der Waals surface area contributed by atoms with E-state index in [2.05, 4.69) is 21.6 Å². The highest BCUT2D eigenvalue weighted by molar-refractivity contribution is 7.89. The average molecular weight is 488 g/mol. The highest BCUT2D eigenvalue weighted by Gasteiger charge is 2.26. The number of nitrogens with zero attached hydrogens (tertiary/aromatic N) is 5. The van der Waals surface area contributed by atoms with Crippen molar-refractivity contribution in [3.63, 3.8) is 0 Å². The van der Waals surface area contributed by atoms with Gasteiger partial charge in [-0.2, -0.15) is 8.99 Å². The van der Waals surface area contributed by atoms with E-state index >= 15 is 0 Å². The number of hydrogen-bond donors (Lipinski definition) is 0. The molecule has 1 aliphatic carbocycles. The van der Waals surface area contributed by atoms with Crippen LogP contribution in [0, 0.1) is 0 Å². The largest absolute Gasteiger partial charge is 0.494 e. The highest BCUT2D eigenvalue weighted by atomic mass is 35.5. The predicted octanol–water partition coefficient (Wildman–Crippen LogP) is 4.41. The number of allylic oxidation sites excluding steroid dienone is 1. The smallest absolute Gasteiger partial charge is 0.243 e. The molecule has 174 valence electrons. The Kier molecular flexibility index (Phi) is 7.42. The van der Waals surface area contributed by atoms with E-state index < -0.39 is 10.0 Å². The number of halogens is 1. The van der Waals surface area contributed by atoms with E-state index in [1.165, 1.54) is 40.5 Å².